The van der Waals surface area contributed by atoms with Gasteiger partial charge in [0.1, 0.15) is 5.52 Å². The highest BCUT2D eigenvalue weighted by molar-refractivity contribution is 6.33. The maximum atomic E-state index is 5.94. The van der Waals surface area contributed by atoms with Gasteiger partial charge in [0.15, 0.2) is 5.15 Å². The molecule has 0 saturated heterocycles. The molecule has 2 N–H and O–H groups in total. The Morgan fingerprint density at radius 3 is 3.00 bits per heavy atom. The third-order valence-corrected chi connectivity index (χ3v) is 2.19. The van der Waals surface area contributed by atoms with Crippen LogP contribution in [0.25, 0.3) is 11.0 Å². The van der Waals surface area contributed by atoms with Crippen LogP contribution in [0.1, 0.15) is 6.92 Å². The molecule has 0 aliphatic carbocycles. The Labute approximate surface area is 80.3 Å². The number of hydrogen-bond donors (Lipinski definition) is 1. The average molecular weight is 197 g/mol. The smallest absolute Gasteiger partial charge is 0.222 e. The summed E-state index contributed by atoms with van der Waals surface area (Å²) in [6.07, 6.45) is 1.92. The number of aromatic nitrogens is 3. The van der Waals surface area contributed by atoms with E-state index in [0.717, 1.165) is 17.6 Å². The van der Waals surface area contributed by atoms with E-state index in [1.54, 1.807) is 0 Å². The molecule has 0 unspecified atom stereocenters. The average Bonchev–Trinajstić information content (AvgIpc) is 2.47. The van der Waals surface area contributed by atoms with Gasteiger partial charge in [-0.1, -0.05) is 11.6 Å². The quantitative estimate of drug-likeness (QED) is 0.707. The van der Waals surface area contributed by atoms with Gasteiger partial charge in [0.05, 0.1) is 5.52 Å². The number of halogens is 1. The molecule has 0 aliphatic heterocycles. The minimum atomic E-state index is 0.214. The van der Waals surface area contributed by atoms with Gasteiger partial charge >= 0.3 is 0 Å². The Balaban J connectivity index is 2.82. The highest BCUT2D eigenvalue weighted by Crippen LogP contribution is 2.21. The van der Waals surface area contributed by atoms with Crippen LogP contribution in [-0.4, -0.2) is 14.5 Å². The van der Waals surface area contributed by atoms with E-state index in [1.807, 2.05) is 23.8 Å². The van der Waals surface area contributed by atoms with Crippen molar-refractivity contribution >= 4 is 28.6 Å². The van der Waals surface area contributed by atoms with Gasteiger partial charge in [-0.15, -0.1) is 0 Å². The van der Waals surface area contributed by atoms with Crippen LogP contribution in [0.2, 0.25) is 5.15 Å². The highest BCUT2D eigenvalue weighted by atomic mass is 35.5. The number of nitrogens with zero attached hydrogens (tertiary/aromatic N) is 3. The summed E-state index contributed by atoms with van der Waals surface area (Å²) >= 11 is 5.94. The predicted molar refractivity (Wildman–Crippen MR) is 52.6 cm³/mol. The first-order valence-electron chi connectivity index (χ1n) is 4.00. The van der Waals surface area contributed by atoms with Gasteiger partial charge in [-0.2, -0.15) is 4.98 Å². The summed E-state index contributed by atoms with van der Waals surface area (Å²) in [6, 6.07) is 1.88. The van der Waals surface area contributed by atoms with Crippen molar-refractivity contribution in [3.63, 3.8) is 0 Å². The Hall–Kier alpha value is -1.29. The second kappa shape index (κ2) is 2.88. The molecule has 13 heavy (non-hydrogen) atoms. The number of fused-ring (bicyclic) bond motifs is 1. The van der Waals surface area contributed by atoms with Crippen LogP contribution in [0.4, 0.5) is 5.95 Å². The highest BCUT2D eigenvalue weighted by Gasteiger charge is 2.07. The lowest BCUT2D eigenvalue weighted by Crippen LogP contribution is -1.98. The maximum absolute atomic E-state index is 5.94. The number of aryl methyl sites for hydroxylation is 1. The second-order valence-electron chi connectivity index (χ2n) is 2.71. The molecule has 0 atom stereocenters. The molecule has 2 aromatic rings. The Morgan fingerprint density at radius 1 is 1.54 bits per heavy atom. The van der Waals surface area contributed by atoms with Crippen molar-refractivity contribution in [2.75, 3.05) is 5.73 Å². The van der Waals surface area contributed by atoms with E-state index >= 15 is 0 Å². The van der Waals surface area contributed by atoms with Crippen molar-refractivity contribution in [2.45, 2.75) is 13.5 Å². The third-order valence-electron chi connectivity index (χ3n) is 1.93. The summed E-state index contributed by atoms with van der Waals surface area (Å²) in [5.74, 6) is 0.214. The molecule has 0 fully saturated rings. The van der Waals surface area contributed by atoms with Crippen molar-refractivity contribution in [3.8, 4) is 0 Å². The van der Waals surface area contributed by atoms with Gasteiger partial charge < -0.3 is 10.3 Å². The summed E-state index contributed by atoms with van der Waals surface area (Å²) in [5, 5.41) is 0.411. The summed E-state index contributed by atoms with van der Waals surface area (Å²) in [7, 11) is 0. The molecule has 0 radical (unpaired) electrons. The van der Waals surface area contributed by atoms with Crippen LogP contribution in [0.5, 0.6) is 0 Å². The molecule has 0 aliphatic rings. The summed E-state index contributed by atoms with van der Waals surface area (Å²) in [4.78, 5) is 7.96. The van der Waals surface area contributed by atoms with Crippen molar-refractivity contribution in [1.29, 1.82) is 0 Å². The zero-order chi connectivity index (χ0) is 9.42. The van der Waals surface area contributed by atoms with Crippen LogP contribution in [0.15, 0.2) is 12.3 Å². The van der Waals surface area contributed by atoms with Gasteiger partial charge in [0, 0.05) is 12.7 Å². The van der Waals surface area contributed by atoms with Gasteiger partial charge in [-0.3, -0.25) is 0 Å². The van der Waals surface area contributed by atoms with Crippen LogP contribution in [0.3, 0.4) is 0 Å². The molecule has 0 bridgehead atoms. The first-order valence-corrected chi connectivity index (χ1v) is 4.38. The lowest BCUT2D eigenvalue weighted by molar-refractivity contribution is 0.796. The van der Waals surface area contributed by atoms with E-state index in [2.05, 4.69) is 9.97 Å². The topological polar surface area (TPSA) is 56.7 Å². The van der Waals surface area contributed by atoms with E-state index in [1.165, 1.54) is 0 Å². The number of nitrogen functional groups attached to an aromatic ring is 1. The fourth-order valence-electron chi connectivity index (χ4n) is 1.34. The normalized spacial score (nSPS) is 10.9. The first kappa shape index (κ1) is 8.31. The standard InChI is InChI=1S/C8H9ClN4/c1-2-13-4-3-5-6(13)7(9)12-8(10)11-5/h3-4H,2H2,1H3,(H2,10,11,12). The van der Waals surface area contributed by atoms with Crippen molar-refractivity contribution in [1.82, 2.24) is 14.5 Å². The second-order valence-corrected chi connectivity index (χ2v) is 3.07. The first-order chi connectivity index (χ1) is 6.22. The van der Waals surface area contributed by atoms with Gasteiger partial charge in [0.25, 0.3) is 0 Å². The van der Waals surface area contributed by atoms with Gasteiger partial charge in [0.2, 0.25) is 5.95 Å². The molecule has 4 nitrogen and oxygen atoms in total. The minimum absolute atomic E-state index is 0.214. The van der Waals surface area contributed by atoms with E-state index in [4.69, 9.17) is 17.3 Å². The predicted octanol–water partition coefficient (Wildman–Crippen LogP) is 1.69. The van der Waals surface area contributed by atoms with E-state index in [0.29, 0.717) is 5.15 Å². The largest absolute Gasteiger partial charge is 0.368 e. The van der Waals surface area contributed by atoms with E-state index in [9.17, 15) is 0 Å². The monoisotopic (exact) mass is 196 g/mol. The molecule has 2 aromatic heterocycles. The maximum Gasteiger partial charge on any atom is 0.222 e. The van der Waals surface area contributed by atoms with E-state index < -0.39 is 0 Å². The number of rotatable bonds is 1. The molecule has 68 valence electrons. The minimum Gasteiger partial charge on any atom is -0.368 e. The fraction of sp³-hybridized carbons (Fsp3) is 0.250. The SMILES string of the molecule is CCn1ccc2nc(N)nc(Cl)c21. The lowest BCUT2D eigenvalue weighted by Gasteiger charge is -2.01. The summed E-state index contributed by atoms with van der Waals surface area (Å²) in [5.41, 5.74) is 7.10. The Morgan fingerprint density at radius 2 is 2.31 bits per heavy atom. The van der Waals surface area contributed by atoms with Gasteiger partial charge in [-0.05, 0) is 13.0 Å². The zero-order valence-corrected chi connectivity index (χ0v) is 7.91. The molecular formula is C8H9ClN4. The molecular weight excluding hydrogens is 188 g/mol. The molecule has 0 amide bonds. The number of hydrogen-bond acceptors (Lipinski definition) is 3. The van der Waals surface area contributed by atoms with Crippen LogP contribution < -0.4 is 5.73 Å². The van der Waals surface area contributed by atoms with Crippen LogP contribution in [-0.2, 0) is 6.54 Å². The summed E-state index contributed by atoms with van der Waals surface area (Å²) in [6.45, 7) is 2.88. The van der Waals surface area contributed by atoms with Crippen molar-refractivity contribution in [3.05, 3.63) is 17.4 Å². The fourth-order valence-corrected chi connectivity index (χ4v) is 1.63. The molecule has 2 rings (SSSR count). The number of nitrogens with two attached hydrogens (primary N) is 1. The summed E-state index contributed by atoms with van der Waals surface area (Å²) < 4.78 is 1.98. The molecule has 0 saturated carbocycles. The van der Waals surface area contributed by atoms with Crippen molar-refractivity contribution in [2.24, 2.45) is 0 Å². The number of anilines is 1. The van der Waals surface area contributed by atoms with Crippen LogP contribution in [0, 0.1) is 0 Å². The van der Waals surface area contributed by atoms with Crippen LogP contribution >= 0.6 is 11.6 Å². The Kier molecular flexibility index (Phi) is 1.84. The Bertz CT molecular complexity index is 449. The zero-order valence-electron chi connectivity index (χ0n) is 7.16. The van der Waals surface area contributed by atoms with Gasteiger partial charge in [-0.25, -0.2) is 4.98 Å². The van der Waals surface area contributed by atoms with Crippen molar-refractivity contribution < 1.29 is 0 Å². The molecule has 5 heteroatoms. The molecule has 0 aromatic carbocycles. The van der Waals surface area contributed by atoms with E-state index in [-0.39, 0.29) is 5.95 Å². The molecule has 2 heterocycles. The third kappa shape index (κ3) is 1.23. The lowest BCUT2D eigenvalue weighted by atomic mass is 10.4. The molecule has 0 spiro atoms.